The summed E-state index contributed by atoms with van der Waals surface area (Å²) < 4.78 is 7.12. The Morgan fingerprint density at radius 1 is 1.35 bits per heavy atom. The maximum Gasteiger partial charge on any atom is 0.337 e. The van der Waals surface area contributed by atoms with E-state index in [0.717, 1.165) is 14.5 Å². The molecule has 0 amide bonds. The number of halogens is 1. The fourth-order valence-electron chi connectivity index (χ4n) is 1.71. The second kappa shape index (κ2) is 4.48. The van der Waals surface area contributed by atoms with Crippen molar-refractivity contribution in [1.29, 1.82) is 0 Å². The summed E-state index contributed by atoms with van der Waals surface area (Å²) in [5.41, 5.74) is 1.18. The van der Waals surface area contributed by atoms with E-state index in [4.69, 9.17) is 0 Å². The first-order valence-electron chi connectivity index (χ1n) is 4.94. The second-order valence-corrected chi connectivity index (χ2v) is 4.75. The van der Waals surface area contributed by atoms with E-state index in [9.17, 15) is 9.59 Å². The van der Waals surface area contributed by atoms with Gasteiger partial charge in [0.1, 0.15) is 0 Å². The van der Waals surface area contributed by atoms with Crippen LogP contribution in [0.1, 0.15) is 22.1 Å². The number of hydrogen-bond acceptors (Lipinski definition) is 3. The number of carbonyl (C=O) groups is 2. The molecule has 1 aromatic heterocycles. The Balaban J connectivity index is 2.73. The van der Waals surface area contributed by atoms with E-state index in [1.165, 1.54) is 18.6 Å². The minimum Gasteiger partial charge on any atom is -0.465 e. The predicted octanol–water partition coefficient (Wildman–Crippen LogP) is 2.69. The van der Waals surface area contributed by atoms with Gasteiger partial charge in [0.05, 0.1) is 18.2 Å². The van der Waals surface area contributed by atoms with Crippen LogP contribution in [0.2, 0.25) is 0 Å². The number of hydrogen-bond donors (Lipinski definition) is 0. The molecule has 17 heavy (non-hydrogen) atoms. The number of fused-ring (bicyclic) bond motifs is 1. The molecule has 0 saturated carbocycles. The summed E-state index contributed by atoms with van der Waals surface area (Å²) in [7, 11) is 1.34. The van der Waals surface area contributed by atoms with Crippen molar-refractivity contribution >= 4 is 45.4 Å². The van der Waals surface area contributed by atoms with Crippen molar-refractivity contribution < 1.29 is 14.3 Å². The lowest BCUT2D eigenvalue weighted by Crippen LogP contribution is -2.06. The summed E-state index contributed by atoms with van der Waals surface area (Å²) in [6.45, 7) is 1.48. The van der Waals surface area contributed by atoms with E-state index in [2.05, 4.69) is 27.3 Å². The molecule has 1 aromatic carbocycles. The third-order valence-corrected chi connectivity index (χ3v) is 3.41. The summed E-state index contributed by atoms with van der Waals surface area (Å²) in [6, 6.07) is 5.28. The number of aromatic nitrogens is 1. The second-order valence-electron chi connectivity index (χ2n) is 3.59. The number of rotatable bonds is 1. The van der Waals surface area contributed by atoms with Crippen LogP contribution in [0.3, 0.4) is 0 Å². The molecule has 0 atom stereocenters. The summed E-state index contributed by atoms with van der Waals surface area (Å²) in [5.74, 6) is -0.487. The molecule has 5 heteroatoms. The molecule has 0 N–H and O–H groups in total. The van der Waals surface area contributed by atoms with E-state index < -0.39 is 5.97 Å². The van der Waals surface area contributed by atoms with Gasteiger partial charge in [0.25, 0.3) is 0 Å². The van der Waals surface area contributed by atoms with Crippen LogP contribution in [-0.4, -0.2) is 23.6 Å². The van der Waals surface area contributed by atoms with Crippen LogP contribution in [-0.2, 0) is 4.74 Å². The normalized spacial score (nSPS) is 10.5. The Bertz CT molecular complexity index is 615. The molecular formula is C12H10INO3. The van der Waals surface area contributed by atoms with Gasteiger partial charge in [-0.1, -0.05) is 0 Å². The van der Waals surface area contributed by atoms with E-state index in [-0.39, 0.29) is 5.91 Å². The molecule has 1 heterocycles. The van der Waals surface area contributed by atoms with Crippen molar-refractivity contribution in [2.75, 3.05) is 7.11 Å². The third kappa shape index (κ3) is 2.06. The fourth-order valence-corrected chi connectivity index (χ4v) is 2.50. The lowest BCUT2D eigenvalue weighted by molar-refractivity contribution is 0.0600. The van der Waals surface area contributed by atoms with Crippen LogP contribution in [0, 0.1) is 3.57 Å². The molecule has 0 aliphatic rings. The Kier molecular flexibility index (Phi) is 3.19. The van der Waals surface area contributed by atoms with Crippen LogP contribution < -0.4 is 0 Å². The molecule has 0 saturated heterocycles. The molecule has 0 unspecified atom stereocenters. The molecular weight excluding hydrogens is 333 g/mol. The van der Waals surface area contributed by atoms with E-state index >= 15 is 0 Å². The highest BCUT2D eigenvalue weighted by Gasteiger charge is 2.13. The zero-order valence-electron chi connectivity index (χ0n) is 9.36. The van der Waals surface area contributed by atoms with Crippen molar-refractivity contribution in [3.63, 3.8) is 0 Å². The number of nitrogens with zero attached hydrogens (tertiary/aromatic N) is 1. The predicted molar refractivity (Wildman–Crippen MR) is 72.3 cm³/mol. The van der Waals surface area contributed by atoms with Gasteiger partial charge < -0.3 is 4.74 Å². The molecule has 88 valence electrons. The first-order valence-corrected chi connectivity index (χ1v) is 6.02. The number of benzene rings is 1. The standard InChI is InChI=1S/C12H10INO3/c1-7(15)14-4-3-9-10(13)5-8(6-11(9)14)12(16)17-2/h3-6H,1-2H3. The van der Waals surface area contributed by atoms with Gasteiger partial charge >= 0.3 is 5.97 Å². The van der Waals surface area contributed by atoms with Gasteiger partial charge in [0.2, 0.25) is 5.91 Å². The minimum atomic E-state index is -0.402. The Morgan fingerprint density at radius 2 is 2.06 bits per heavy atom. The zero-order valence-corrected chi connectivity index (χ0v) is 11.5. The summed E-state index contributed by atoms with van der Waals surface area (Å²) in [6.07, 6.45) is 1.70. The van der Waals surface area contributed by atoms with Crippen LogP contribution in [0.5, 0.6) is 0 Å². The lowest BCUT2D eigenvalue weighted by atomic mass is 10.1. The van der Waals surface area contributed by atoms with Gasteiger partial charge in [-0.05, 0) is 40.8 Å². The molecule has 0 spiro atoms. The van der Waals surface area contributed by atoms with E-state index in [0.29, 0.717) is 5.56 Å². The largest absolute Gasteiger partial charge is 0.465 e. The maximum absolute atomic E-state index is 11.5. The van der Waals surface area contributed by atoms with Crippen molar-refractivity contribution in [2.45, 2.75) is 6.92 Å². The van der Waals surface area contributed by atoms with Gasteiger partial charge in [0.15, 0.2) is 0 Å². The maximum atomic E-state index is 11.5. The monoisotopic (exact) mass is 343 g/mol. The van der Waals surface area contributed by atoms with E-state index in [1.807, 2.05) is 6.07 Å². The van der Waals surface area contributed by atoms with Gasteiger partial charge in [-0.2, -0.15) is 0 Å². The number of carbonyl (C=O) groups excluding carboxylic acids is 2. The number of methoxy groups -OCH3 is 1. The molecule has 0 bridgehead atoms. The van der Waals surface area contributed by atoms with Gasteiger partial charge in [-0.15, -0.1) is 0 Å². The van der Waals surface area contributed by atoms with Gasteiger partial charge in [-0.25, -0.2) is 4.79 Å². The van der Waals surface area contributed by atoms with Crippen LogP contribution >= 0.6 is 22.6 Å². The molecule has 0 aliphatic carbocycles. The minimum absolute atomic E-state index is 0.0854. The average molecular weight is 343 g/mol. The first-order chi connectivity index (χ1) is 8.04. The summed E-state index contributed by atoms with van der Waals surface area (Å²) >= 11 is 2.14. The highest BCUT2D eigenvalue weighted by molar-refractivity contribution is 14.1. The molecule has 0 aliphatic heterocycles. The van der Waals surface area contributed by atoms with Crippen molar-refractivity contribution in [1.82, 2.24) is 4.57 Å². The molecule has 2 aromatic rings. The van der Waals surface area contributed by atoms with Gasteiger partial charge in [-0.3, -0.25) is 9.36 Å². The van der Waals surface area contributed by atoms with Crippen LogP contribution in [0.15, 0.2) is 24.4 Å². The number of ether oxygens (including phenoxy) is 1. The van der Waals surface area contributed by atoms with Crippen LogP contribution in [0.4, 0.5) is 0 Å². The number of esters is 1. The lowest BCUT2D eigenvalue weighted by Gasteiger charge is -2.04. The topological polar surface area (TPSA) is 48.3 Å². The van der Waals surface area contributed by atoms with E-state index in [1.54, 1.807) is 18.3 Å². The third-order valence-electron chi connectivity index (χ3n) is 2.52. The summed E-state index contributed by atoms with van der Waals surface area (Å²) in [5, 5.41) is 0.952. The Hall–Kier alpha value is -1.37. The van der Waals surface area contributed by atoms with Gasteiger partial charge in [0, 0.05) is 22.1 Å². The first kappa shape index (κ1) is 12.1. The van der Waals surface area contributed by atoms with Crippen molar-refractivity contribution in [3.8, 4) is 0 Å². The Morgan fingerprint density at radius 3 is 2.65 bits per heavy atom. The average Bonchev–Trinajstić information content (AvgIpc) is 2.72. The quantitative estimate of drug-likeness (QED) is 0.591. The van der Waals surface area contributed by atoms with Crippen molar-refractivity contribution in [3.05, 3.63) is 33.5 Å². The highest BCUT2D eigenvalue weighted by atomic mass is 127. The molecule has 2 rings (SSSR count). The Labute approximate surface area is 112 Å². The fraction of sp³-hybridized carbons (Fsp3) is 0.167. The SMILES string of the molecule is COC(=O)c1cc(I)c2ccn(C(C)=O)c2c1. The summed E-state index contributed by atoms with van der Waals surface area (Å²) in [4.78, 5) is 22.9. The molecule has 0 fully saturated rings. The molecule has 0 radical (unpaired) electrons. The van der Waals surface area contributed by atoms with Crippen LogP contribution in [0.25, 0.3) is 10.9 Å². The zero-order chi connectivity index (χ0) is 12.6. The molecule has 4 nitrogen and oxygen atoms in total. The highest BCUT2D eigenvalue weighted by Crippen LogP contribution is 2.24. The smallest absolute Gasteiger partial charge is 0.337 e. The van der Waals surface area contributed by atoms with Crippen molar-refractivity contribution in [2.24, 2.45) is 0 Å².